The van der Waals surface area contributed by atoms with Gasteiger partial charge in [0.15, 0.2) is 6.40 Å². The number of ether oxygens (including phenoxy) is 2. The predicted molar refractivity (Wildman–Crippen MR) is 64.4 cm³/mol. The number of hydrogen-bond donors (Lipinski definition) is 1. The lowest BCUT2D eigenvalue weighted by molar-refractivity contribution is 0.0828. The number of hydrogen-bond acceptors (Lipinski definition) is 5. The molecule has 2 rings (SSSR count). The molecule has 1 amide bonds. The molecule has 2 heterocycles. The maximum Gasteiger partial charge on any atom is 0.269 e. The number of aromatic nitrogens is 2. The molecule has 1 aromatic heterocycles. The van der Waals surface area contributed by atoms with Gasteiger partial charge in [0.1, 0.15) is 11.5 Å². The van der Waals surface area contributed by atoms with Crippen LogP contribution in [0, 0.1) is 0 Å². The molecule has 0 unspecified atom stereocenters. The minimum atomic E-state index is -0.561. The molecule has 1 aliphatic rings. The first kappa shape index (κ1) is 12.6. The predicted octanol–water partition coefficient (Wildman–Crippen LogP) is 0.314. The van der Waals surface area contributed by atoms with Gasteiger partial charge in [0, 0.05) is 19.1 Å². The molecule has 0 spiro atoms. The second kappa shape index (κ2) is 5.63. The zero-order chi connectivity index (χ0) is 13.0. The highest BCUT2D eigenvalue weighted by Gasteiger charge is 2.23. The Bertz CT molecular complexity index is 449. The smallest absolute Gasteiger partial charge is 0.269 e. The summed E-state index contributed by atoms with van der Waals surface area (Å²) in [6.45, 7) is 1.38. The van der Waals surface area contributed by atoms with Gasteiger partial charge in [-0.25, -0.2) is 9.66 Å². The standard InChI is InChI=1S/C11H16N4O3/c1-17-7-14-15-9(10(12)16)6-13-11(15)8-2-4-18-5-3-8/h6-8H,2-5H2,1H3,(H2,12,16)/b14-7+. The number of carbonyl (C=O) groups excluding carboxylic acids is 1. The molecule has 98 valence electrons. The van der Waals surface area contributed by atoms with Crippen molar-refractivity contribution in [2.75, 3.05) is 20.3 Å². The molecule has 18 heavy (non-hydrogen) atoms. The molecule has 0 atom stereocenters. The van der Waals surface area contributed by atoms with Gasteiger partial charge >= 0.3 is 0 Å². The van der Waals surface area contributed by atoms with Crippen molar-refractivity contribution >= 4 is 12.3 Å². The van der Waals surface area contributed by atoms with Gasteiger partial charge in [-0.2, -0.15) is 0 Å². The van der Waals surface area contributed by atoms with Gasteiger partial charge in [-0.05, 0) is 12.8 Å². The van der Waals surface area contributed by atoms with Crippen molar-refractivity contribution in [1.29, 1.82) is 0 Å². The van der Waals surface area contributed by atoms with Gasteiger partial charge in [-0.15, -0.1) is 5.10 Å². The molecule has 0 aromatic carbocycles. The summed E-state index contributed by atoms with van der Waals surface area (Å²) in [6, 6.07) is 0. The van der Waals surface area contributed by atoms with E-state index in [0.717, 1.165) is 18.7 Å². The zero-order valence-electron chi connectivity index (χ0n) is 10.2. The lowest BCUT2D eigenvalue weighted by atomic mass is 10.00. The van der Waals surface area contributed by atoms with Crippen LogP contribution in [0.1, 0.15) is 35.1 Å². The first-order chi connectivity index (χ1) is 8.74. The molecule has 1 fully saturated rings. The monoisotopic (exact) mass is 252 g/mol. The van der Waals surface area contributed by atoms with Gasteiger partial charge in [-0.1, -0.05) is 0 Å². The van der Waals surface area contributed by atoms with E-state index in [1.165, 1.54) is 24.4 Å². The molecule has 7 heteroatoms. The number of nitrogens with two attached hydrogens (primary N) is 1. The van der Waals surface area contributed by atoms with Gasteiger partial charge in [0.05, 0.1) is 13.3 Å². The van der Waals surface area contributed by atoms with E-state index in [-0.39, 0.29) is 11.6 Å². The van der Waals surface area contributed by atoms with Crippen molar-refractivity contribution < 1.29 is 14.3 Å². The molecule has 1 aromatic rings. The van der Waals surface area contributed by atoms with E-state index in [0.29, 0.717) is 13.2 Å². The largest absolute Gasteiger partial charge is 0.485 e. The van der Waals surface area contributed by atoms with Gasteiger partial charge in [-0.3, -0.25) is 4.79 Å². The SMILES string of the molecule is CO/C=N/n1c(C(N)=O)cnc1C1CCOCC1. The van der Waals surface area contributed by atoms with Gasteiger partial charge in [0.2, 0.25) is 0 Å². The number of imidazole rings is 1. The summed E-state index contributed by atoms with van der Waals surface area (Å²) >= 11 is 0. The highest BCUT2D eigenvalue weighted by molar-refractivity contribution is 5.91. The van der Waals surface area contributed by atoms with Crippen molar-refractivity contribution in [3.05, 3.63) is 17.7 Å². The van der Waals surface area contributed by atoms with E-state index >= 15 is 0 Å². The summed E-state index contributed by atoms with van der Waals surface area (Å²) in [5.41, 5.74) is 5.54. The van der Waals surface area contributed by atoms with Crippen LogP contribution in [0.25, 0.3) is 0 Å². The average Bonchev–Trinajstić information content (AvgIpc) is 2.81. The second-order valence-corrected chi connectivity index (χ2v) is 4.02. The number of carbonyl (C=O) groups is 1. The van der Waals surface area contributed by atoms with E-state index in [1.807, 2.05) is 0 Å². The summed E-state index contributed by atoms with van der Waals surface area (Å²) < 4.78 is 11.5. The Morgan fingerprint density at radius 3 is 3.00 bits per heavy atom. The van der Waals surface area contributed by atoms with Crippen LogP contribution in [0.3, 0.4) is 0 Å². The van der Waals surface area contributed by atoms with Crippen LogP contribution in [0.2, 0.25) is 0 Å². The first-order valence-electron chi connectivity index (χ1n) is 5.75. The fraction of sp³-hybridized carbons (Fsp3) is 0.545. The van der Waals surface area contributed by atoms with E-state index in [1.54, 1.807) is 0 Å². The quantitative estimate of drug-likeness (QED) is 0.616. The van der Waals surface area contributed by atoms with Crippen molar-refractivity contribution in [2.24, 2.45) is 10.8 Å². The number of primary amides is 1. The van der Waals surface area contributed by atoms with E-state index < -0.39 is 5.91 Å². The maximum absolute atomic E-state index is 11.3. The minimum Gasteiger partial charge on any atom is -0.485 e. The summed E-state index contributed by atoms with van der Waals surface area (Å²) in [7, 11) is 1.48. The summed E-state index contributed by atoms with van der Waals surface area (Å²) in [5, 5.41) is 4.05. The molecule has 0 aliphatic carbocycles. The fourth-order valence-corrected chi connectivity index (χ4v) is 1.98. The Morgan fingerprint density at radius 2 is 2.39 bits per heavy atom. The number of nitrogens with zero attached hydrogens (tertiary/aromatic N) is 3. The average molecular weight is 252 g/mol. The lowest BCUT2D eigenvalue weighted by Crippen LogP contribution is -2.20. The molecule has 2 N–H and O–H groups in total. The normalized spacial score (nSPS) is 17.2. The molecule has 7 nitrogen and oxygen atoms in total. The van der Waals surface area contributed by atoms with E-state index in [9.17, 15) is 4.79 Å². The van der Waals surface area contributed by atoms with Crippen molar-refractivity contribution in [1.82, 2.24) is 9.66 Å². The Morgan fingerprint density at radius 1 is 1.67 bits per heavy atom. The number of amides is 1. The van der Waals surface area contributed by atoms with Crippen LogP contribution >= 0.6 is 0 Å². The molecule has 0 bridgehead atoms. The summed E-state index contributed by atoms with van der Waals surface area (Å²) in [6.07, 6.45) is 4.41. The Kier molecular flexibility index (Phi) is 3.93. The van der Waals surface area contributed by atoms with Crippen LogP contribution in [-0.4, -0.2) is 42.3 Å². The summed E-state index contributed by atoms with van der Waals surface area (Å²) in [5.74, 6) is 0.385. The third kappa shape index (κ3) is 2.51. The third-order valence-electron chi connectivity index (χ3n) is 2.87. The highest BCUT2D eigenvalue weighted by Crippen LogP contribution is 2.26. The van der Waals surface area contributed by atoms with Crippen molar-refractivity contribution in [3.8, 4) is 0 Å². The lowest BCUT2D eigenvalue weighted by Gasteiger charge is -2.21. The molecular weight excluding hydrogens is 236 g/mol. The van der Waals surface area contributed by atoms with Gasteiger partial charge in [0.25, 0.3) is 5.91 Å². The third-order valence-corrected chi connectivity index (χ3v) is 2.87. The number of rotatable bonds is 4. The number of methoxy groups -OCH3 is 1. The molecule has 1 saturated heterocycles. The molecule has 0 radical (unpaired) electrons. The van der Waals surface area contributed by atoms with Crippen molar-refractivity contribution in [3.63, 3.8) is 0 Å². The fourth-order valence-electron chi connectivity index (χ4n) is 1.98. The van der Waals surface area contributed by atoms with Gasteiger partial charge < -0.3 is 15.2 Å². The van der Waals surface area contributed by atoms with Crippen LogP contribution in [0.5, 0.6) is 0 Å². The molecule has 0 saturated carbocycles. The Labute approximate surface area is 105 Å². The van der Waals surface area contributed by atoms with Crippen LogP contribution in [0.4, 0.5) is 0 Å². The first-order valence-corrected chi connectivity index (χ1v) is 5.75. The minimum absolute atomic E-state index is 0.223. The van der Waals surface area contributed by atoms with Crippen molar-refractivity contribution in [2.45, 2.75) is 18.8 Å². The van der Waals surface area contributed by atoms with E-state index in [2.05, 4.69) is 10.1 Å². The summed E-state index contributed by atoms with van der Waals surface area (Å²) in [4.78, 5) is 15.6. The Balaban J connectivity index is 2.33. The second-order valence-electron chi connectivity index (χ2n) is 4.02. The zero-order valence-corrected chi connectivity index (χ0v) is 10.2. The Hall–Kier alpha value is -1.89. The topological polar surface area (TPSA) is 91.7 Å². The molecular formula is C11H16N4O3. The van der Waals surface area contributed by atoms with E-state index in [4.69, 9.17) is 15.2 Å². The highest BCUT2D eigenvalue weighted by atomic mass is 16.5. The van der Waals surface area contributed by atoms with Crippen LogP contribution in [0.15, 0.2) is 11.3 Å². The van der Waals surface area contributed by atoms with Crippen LogP contribution < -0.4 is 5.73 Å². The maximum atomic E-state index is 11.3. The van der Waals surface area contributed by atoms with Crippen LogP contribution in [-0.2, 0) is 9.47 Å². The molecule has 1 aliphatic heterocycles.